The molecule has 2 fully saturated rings. The smallest absolute Gasteiger partial charge is 0.412 e. The number of carbonyl (C=O) groups is 2. The van der Waals surface area contributed by atoms with Crippen molar-refractivity contribution in [3.8, 4) is 5.75 Å². The van der Waals surface area contributed by atoms with E-state index in [1.54, 1.807) is 31.7 Å². The summed E-state index contributed by atoms with van der Waals surface area (Å²) in [7, 11) is 0. The predicted octanol–water partition coefficient (Wildman–Crippen LogP) is 5.13. The van der Waals surface area contributed by atoms with Crippen LogP contribution in [0.4, 0.5) is 15.3 Å². The molecular formula is C23H35N3O5. The number of pyridine rings is 1. The number of nitrogens with one attached hydrogen (secondary N) is 1. The molecule has 3 rings (SSSR count). The van der Waals surface area contributed by atoms with Crippen molar-refractivity contribution < 1.29 is 24.2 Å². The molecule has 1 saturated carbocycles. The van der Waals surface area contributed by atoms with E-state index in [4.69, 9.17) is 14.5 Å². The lowest BCUT2D eigenvalue weighted by Gasteiger charge is -2.33. The Morgan fingerprint density at radius 3 is 2.10 bits per heavy atom. The van der Waals surface area contributed by atoms with E-state index in [0.717, 1.165) is 31.4 Å². The first-order chi connectivity index (χ1) is 14.3. The Bertz CT molecular complexity index is 829. The first kappa shape index (κ1) is 23.2. The van der Waals surface area contributed by atoms with Crippen molar-refractivity contribution >= 4 is 17.9 Å². The third kappa shape index (κ3) is 6.48. The molecule has 1 aromatic heterocycles. The van der Waals surface area contributed by atoms with Crippen LogP contribution in [0.3, 0.4) is 0 Å². The Morgan fingerprint density at radius 2 is 1.58 bits per heavy atom. The van der Waals surface area contributed by atoms with Crippen LogP contribution in [-0.4, -0.2) is 51.5 Å². The quantitative estimate of drug-likeness (QED) is 0.686. The molecule has 0 unspecified atom stereocenters. The molecule has 2 heterocycles. The molecule has 2 amide bonds. The summed E-state index contributed by atoms with van der Waals surface area (Å²) in [6.45, 7) is 12.1. The molecule has 0 spiro atoms. The van der Waals surface area contributed by atoms with Gasteiger partial charge >= 0.3 is 12.2 Å². The van der Waals surface area contributed by atoms with Crippen molar-refractivity contribution in [2.45, 2.75) is 90.3 Å². The second-order valence-electron chi connectivity index (χ2n) is 10.5. The van der Waals surface area contributed by atoms with Gasteiger partial charge in [-0.25, -0.2) is 9.59 Å². The summed E-state index contributed by atoms with van der Waals surface area (Å²) < 4.78 is 10.8. The average molecular weight is 434 g/mol. The minimum atomic E-state index is -0.636. The zero-order valence-electron chi connectivity index (χ0n) is 19.4. The van der Waals surface area contributed by atoms with Gasteiger partial charge in [-0.05, 0) is 73.3 Å². The zero-order chi connectivity index (χ0) is 23.0. The Morgan fingerprint density at radius 1 is 1.00 bits per heavy atom. The molecule has 8 heteroatoms. The lowest BCUT2D eigenvalue weighted by Crippen LogP contribution is -2.41. The van der Waals surface area contributed by atoms with E-state index in [1.165, 1.54) is 0 Å². The van der Waals surface area contributed by atoms with Crippen molar-refractivity contribution in [2.24, 2.45) is 0 Å². The standard InChI is InChI=1S/C23H35N3O5/c1-22(2,3)30-20(28)25-17-13-16(24-18(19(17)27)15-7-8-15)14-9-11-26(12-10-14)21(29)31-23(4,5)6/h13-15,27H,7-12H2,1-6H3,(H,24,25,28). The van der Waals surface area contributed by atoms with Gasteiger partial charge in [0.15, 0.2) is 5.75 Å². The van der Waals surface area contributed by atoms with Gasteiger partial charge in [0.1, 0.15) is 11.2 Å². The van der Waals surface area contributed by atoms with Gasteiger partial charge in [0.05, 0.1) is 11.4 Å². The third-order valence-electron chi connectivity index (χ3n) is 5.20. The molecule has 2 aliphatic rings. The van der Waals surface area contributed by atoms with Crippen LogP contribution < -0.4 is 5.32 Å². The number of anilines is 1. The number of piperidine rings is 1. The molecule has 1 aliphatic heterocycles. The number of amides is 2. The monoisotopic (exact) mass is 433 g/mol. The molecule has 0 radical (unpaired) electrons. The number of ether oxygens (including phenoxy) is 2. The largest absolute Gasteiger partial charge is 0.504 e. The highest BCUT2D eigenvalue weighted by Crippen LogP contribution is 2.46. The Hall–Kier alpha value is -2.51. The van der Waals surface area contributed by atoms with Crippen LogP contribution in [0, 0.1) is 0 Å². The normalized spacial score (nSPS) is 17.9. The van der Waals surface area contributed by atoms with Gasteiger partial charge in [-0.2, -0.15) is 0 Å². The lowest BCUT2D eigenvalue weighted by atomic mass is 9.92. The summed E-state index contributed by atoms with van der Waals surface area (Å²) >= 11 is 0. The lowest BCUT2D eigenvalue weighted by molar-refractivity contribution is 0.0203. The van der Waals surface area contributed by atoms with Gasteiger partial charge in [0.25, 0.3) is 0 Å². The molecule has 1 aliphatic carbocycles. The van der Waals surface area contributed by atoms with E-state index in [2.05, 4.69) is 5.32 Å². The van der Waals surface area contributed by atoms with Crippen LogP contribution in [0.2, 0.25) is 0 Å². The summed E-state index contributed by atoms with van der Waals surface area (Å²) in [5.41, 5.74) is 0.639. The van der Waals surface area contributed by atoms with Crippen LogP contribution >= 0.6 is 0 Å². The van der Waals surface area contributed by atoms with E-state index in [1.807, 2.05) is 20.8 Å². The van der Waals surface area contributed by atoms with Crippen LogP contribution in [0.15, 0.2) is 6.07 Å². The fraction of sp³-hybridized carbons (Fsp3) is 0.696. The van der Waals surface area contributed by atoms with Gasteiger partial charge in [0.2, 0.25) is 0 Å². The maximum Gasteiger partial charge on any atom is 0.412 e. The minimum Gasteiger partial charge on any atom is -0.504 e. The van der Waals surface area contributed by atoms with Crippen LogP contribution in [-0.2, 0) is 9.47 Å². The zero-order valence-corrected chi connectivity index (χ0v) is 19.4. The number of aromatic nitrogens is 1. The summed E-state index contributed by atoms with van der Waals surface area (Å²) in [6, 6.07) is 1.74. The second kappa shape index (κ2) is 8.55. The summed E-state index contributed by atoms with van der Waals surface area (Å²) in [4.78, 5) is 31.1. The molecule has 1 aromatic rings. The second-order valence-corrected chi connectivity index (χ2v) is 10.5. The molecule has 0 atom stereocenters. The van der Waals surface area contributed by atoms with Gasteiger partial charge in [-0.3, -0.25) is 10.3 Å². The van der Waals surface area contributed by atoms with Crippen LogP contribution in [0.5, 0.6) is 5.75 Å². The number of hydrogen-bond acceptors (Lipinski definition) is 6. The van der Waals surface area contributed by atoms with Crippen LogP contribution in [0.25, 0.3) is 0 Å². The number of likely N-dealkylation sites (tertiary alicyclic amines) is 1. The van der Waals surface area contributed by atoms with Crippen LogP contribution in [0.1, 0.15) is 90.4 Å². The fourth-order valence-corrected chi connectivity index (χ4v) is 3.62. The highest BCUT2D eigenvalue weighted by Gasteiger charge is 2.33. The van der Waals surface area contributed by atoms with E-state index < -0.39 is 17.3 Å². The summed E-state index contributed by atoms with van der Waals surface area (Å²) in [5.74, 6) is 0.375. The fourth-order valence-electron chi connectivity index (χ4n) is 3.62. The van der Waals surface area contributed by atoms with Gasteiger partial charge in [-0.1, -0.05) is 0 Å². The van der Waals surface area contributed by atoms with Gasteiger partial charge in [0, 0.05) is 30.6 Å². The highest BCUT2D eigenvalue weighted by molar-refractivity contribution is 5.87. The Labute approximate surface area is 184 Å². The van der Waals surface area contributed by atoms with Gasteiger partial charge in [-0.15, -0.1) is 0 Å². The van der Waals surface area contributed by atoms with E-state index in [9.17, 15) is 14.7 Å². The third-order valence-corrected chi connectivity index (χ3v) is 5.20. The van der Waals surface area contributed by atoms with Crippen molar-refractivity contribution in [3.63, 3.8) is 0 Å². The summed E-state index contributed by atoms with van der Waals surface area (Å²) in [6.07, 6.45) is 2.54. The van der Waals surface area contributed by atoms with E-state index in [0.29, 0.717) is 24.5 Å². The first-order valence-electron chi connectivity index (χ1n) is 11.0. The number of aromatic hydroxyl groups is 1. The van der Waals surface area contributed by atoms with E-state index >= 15 is 0 Å². The van der Waals surface area contributed by atoms with Crippen molar-refractivity contribution in [2.75, 3.05) is 18.4 Å². The first-order valence-corrected chi connectivity index (χ1v) is 11.0. The number of rotatable bonds is 3. The Kier molecular flexibility index (Phi) is 6.39. The van der Waals surface area contributed by atoms with Crippen molar-refractivity contribution in [1.82, 2.24) is 9.88 Å². The molecule has 0 bridgehead atoms. The molecule has 1 saturated heterocycles. The molecule has 31 heavy (non-hydrogen) atoms. The molecule has 8 nitrogen and oxygen atoms in total. The topological polar surface area (TPSA) is 101 Å². The van der Waals surface area contributed by atoms with Gasteiger partial charge < -0.3 is 19.5 Å². The molecule has 0 aromatic carbocycles. The number of hydrogen-bond donors (Lipinski definition) is 2. The molecule has 172 valence electrons. The summed E-state index contributed by atoms with van der Waals surface area (Å²) in [5, 5.41) is 13.4. The maximum absolute atomic E-state index is 12.3. The SMILES string of the molecule is CC(C)(C)OC(=O)Nc1cc(C2CCN(C(=O)OC(C)(C)C)CC2)nc(C2CC2)c1O. The molecule has 2 N–H and O–H groups in total. The van der Waals surface area contributed by atoms with E-state index in [-0.39, 0.29) is 23.7 Å². The Balaban J connectivity index is 1.74. The number of nitrogens with zero attached hydrogens (tertiary/aromatic N) is 2. The molecular weight excluding hydrogens is 398 g/mol. The highest BCUT2D eigenvalue weighted by atomic mass is 16.6. The number of carbonyl (C=O) groups excluding carboxylic acids is 2. The van der Waals surface area contributed by atoms with Crippen molar-refractivity contribution in [1.29, 1.82) is 0 Å². The minimum absolute atomic E-state index is 0.0169. The maximum atomic E-state index is 12.3. The van der Waals surface area contributed by atoms with Crippen molar-refractivity contribution in [3.05, 3.63) is 17.5 Å². The predicted molar refractivity (Wildman–Crippen MR) is 118 cm³/mol. The average Bonchev–Trinajstić information content (AvgIpc) is 3.45.